The lowest BCUT2D eigenvalue weighted by atomic mass is 10.2. The minimum atomic E-state index is 0.194. The van der Waals surface area contributed by atoms with Gasteiger partial charge in [0.1, 0.15) is 5.69 Å². The highest BCUT2D eigenvalue weighted by atomic mass is 32.2. The van der Waals surface area contributed by atoms with Gasteiger partial charge in [-0.15, -0.1) is 10.2 Å². The Morgan fingerprint density at radius 2 is 2.00 bits per heavy atom. The Balaban J connectivity index is 1.83. The third kappa shape index (κ3) is 2.16. The summed E-state index contributed by atoms with van der Waals surface area (Å²) in [6, 6.07) is 11.9. The summed E-state index contributed by atoms with van der Waals surface area (Å²) in [4.78, 5) is 4.01. The van der Waals surface area contributed by atoms with Crippen LogP contribution in [0, 0.1) is 0 Å². The van der Waals surface area contributed by atoms with Crippen LogP contribution in [-0.4, -0.2) is 26.2 Å². The van der Waals surface area contributed by atoms with Gasteiger partial charge in [-0.2, -0.15) is 11.8 Å². The number of aromatic hydroxyl groups is 1. The molecule has 1 aliphatic rings. The Morgan fingerprint density at radius 1 is 1.14 bits per heavy atom. The Kier molecular flexibility index (Phi) is 3.31. The summed E-state index contributed by atoms with van der Waals surface area (Å²) >= 11 is 1.88. The molecule has 0 amide bonds. The van der Waals surface area contributed by atoms with Crippen molar-refractivity contribution in [1.29, 1.82) is 0 Å². The predicted octanol–water partition coefficient (Wildman–Crippen LogP) is 4.45. The van der Waals surface area contributed by atoms with Crippen molar-refractivity contribution < 1.29 is 5.11 Å². The molecule has 5 nitrogen and oxygen atoms in total. The molecule has 0 atom stereocenters. The molecule has 0 spiro atoms. The van der Waals surface area contributed by atoms with Crippen LogP contribution in [0.1, 0.15) is 6.04 Å². The zero-order chi connectivity index (χ0) is 14.9. The number of fused-ring (bicyclic) bond motifs is 1. The van der Waals surface area contributed by atoms with E-state index in [4.69, 9.17) is 0 Å². The Bertz CT molecular complexity index is 840. The molecule has 0 radical (unpaired) electrons. The molecule has 22 heavy (non-hydrogen) atoms. The summed E-state index contributed by atoms with van der Waals surface area (Å²) in [5.74, 6) is 2.23. The van der Waals surface area contributed by atoms with E-state index in [1.165, 1.54) is 0 Å². The van der Waals surface area contributed by atoms with Gasteiger partial charge in [0.2, 0.25) is 5.88 Å². The number of benzene rings is 1. The SMILES string of the molecule is Oc1c(N=Nc2cccnc2)c2ccccc2n1C1CSC1. The van der Waals surface area contributed by atoms with Crippen molar-refractivity contribution in [3.8, 4) is 5.88 Å². The minimum Gasteiger partial charge on any atom is -0.493 e. The first kappa shape index (κ1) is 13.3. The van der Waals surface area contributed by atoms with Crippen LogP contribution in [0.15, 0.2) is 59.0 Å². The van der Waals surface area contributed by atoms with Crippen molar-refractivity contribution in [3.63, 3.8) is 0 Å². The largest absolute Gasteiger partial charge is 0.493 e. The Morgan fingerprint density at radius 3 is 2.73 bits per heavy atom. The highest BCUT2D eigenvalue weighted by molar-refractivity contribution is 8.00. The number of aromatic nitrogens is 2. The molecule has 3 aromatic rings. The first-order valence-electron chi connectivity index (χ1n) is 7.06. The molecule has 2 aromatic heterocycles. The topological polar surface area (TPSA) is 62.8 Å². The molecule has 1 N–H and O–H groups in total. The van der Waals surface area contributed by atoms with Gasteiger partial charge in [-0.1, -0.05) is 18.2 Å². The van der Waals surface area contributed by atoms with Crippen molar-refractivity contribution in [3.05, 3.63) is 48.8 Å². The Labute approximate surface area is 131 Å². The van der Waals surface area contributed by atoms with Gasteiger partial charge in [-0.3, -0.25) is 4.98 Å². The number of rotatable bonds is 3. The van der Waals surface area contributed by atoms with E-state index in [9.17, 15) is 5.11 Å². The van der Waals surface area contributed by atoms with E-state index in [-0.39, 0.29) is 5.88 Å². The van der Waals surface area contributed by atoms with E-state index in [1.54, 1.807) is 12.4 Å². The molecule has 0 saturated carbocycles. The van der Waals surface area contributed by atoms with Crippen LogP contribution in [0.25, 0.3) is 10.9 Å². The van der Waals surface area contributed by atoms with Crippen molar-refractivity contribution in [2.45, 2.75) is 6.04 Å². The summed E-state index contributed by atoms with van der Waals surface area (Å²) in [5, 5.41) is 20.0. The van der Waals surface area contributed by atoms with Gasteiger partial charge in [-0.25, -0.2) is 0 Å². The van der Waals surface area contributed by atoms with Gasteiger partial charge < -0.3 is 9.67 Å². The summed E-state index contributed by atoms with van der Waals surface area (Å²) in [5.41, 5.74) is 2.19. The van der Waals surface area contributed by atoms with Crippen LogP contribution in [0.5, 0.6) is 5.88 Å². The van der Waals surface area contributed by atoms with Crippen LogP contribution in [0.3, 0.4) is 0 Å². The fourth-order valence-corrected chi connectivity index (χ4v) is 3.34. The number of para-hydroxylation sites is 1. The van der Waals surface area contributed by atoms with Gasteiger partial charge in [-0.05, 0) is 18.2 Å². The van der Waals surface area contributed by atoms with Crippen LogP contribution in [-0.2, 0) is 0 Å². The van der Waals surface area contributed by atoms with Crippen LogP contribution >= 0.6 is 11.8 Å². The third-order valence-corrected chi connectivity index (χ3v) is 5.00. The normalized spacial score (nSPS) is 15.5. The lowest BCUT2D eigenvalue weighted by Crippen LogP contribution is -2.22. The van der Waals surface area contributed by atoms with Crippen LogP contribution in [0.2, 0.25) is 0 Å². The third-order valence-electron chi connectivity index (χ3n) is 3.76. The van der Waals surface area contributed by atoms with E-state index >= 15 is 0 Å². The van der Waals surface area contributed by atoms with Crippen molar-refractivity contribution in [2.75, 3.05) is 11.5 Å². The molecule has 1 aromatic carbocycles. The standard InChI is InChI=1S/C16H14N4OS/c21-16-15(19-18-11-4-3-7-17-8-11)13-5-1-2-6-14(13)20(16)12-9-22-10-12/h1-8,12,21H,9-10H2. The van der Waals surface area contributed by atoms with Crippen molar-refractivity contribution >= 4 is 34.0 Å². The molecule has 110 valence electrons. The van der Waals surface area contributed by atoms with E-state index in [0.717, 1.165) is 22.4 Å². The highest BCUT2D eigenvalue weighted by Crippen LogP contribution is 2.44. The quantitative estimate of drug-likeness (QED) is 0.727. The highest BCUT2D eigenvalue weighted by Gasteiger charge is 2.27. The number of hydrogen-bond acceptors (Lipinski definition) is 5. The fraction of sp³-hybridized carbons (Fsp3) is 0.188. The smallest absolute Gasteiger partial charge is 0.221 e. The second-order valence-electron chi connectivity index (χ2n) is 5.16. The zero-order valence-electron chi connectivity index (χ0n) is 11.8. The van der Waals surface area contributed by atoms with Gasteiger partial charge >= 0.3 is 0 Å². The van der Waals surface area contributed by atoms with Crippen molar-refractivity contribution in [2.24, 2.45) is 10.2 Å². The first-order valence-corrected chi connectivity index (χ1v) is 8.21. The second-order valence-corrected chi connectivity index (χ2v) is 6.24. The van der Waals surface area contributed by atoms with E-state index in [0.29, 0.717) is 17.4 Å². The molecule has 0 aliphatic carbocycles. The van der Waals surface area contributed by atoms with Crippen molar-refractivity contribution in [1.82, 2.24) is 9.55 Å². The number of nitrogens with zero attached hydrogens (tertiary/aromatic N) is 4. The van der Waals surface area contributed by atoms with E-state index in [2.05, 4.69) is 15.2 Å². The summed E-state index contributed by atoms with van der Waals surface area (Å²) in [6.07, 6.45) is 3.33. The summed E-state index contributed by atoms with van der Waals surface area (Å²) < 4.78 is 1.98. The first-order chi connectivity index (χ1) is 10.8. The maximum absolute atomic E-state index is 10.6. The van der Waals surface area contributed by atoms with Crippen LogP contribution in [0.4, 0.5) is 11.4 Å². The van der Waals surface area contributed by atoms with Gasteiger partial charge in [0.05, 0.1) is 17.8 Å². The van der Waals surface area contributed by atoms with Crippen LogP contribution < -0.4 is 0 Å². The van der Waals surface area contributed by atoms with Gasteiger partial charge in [0.25, 0.3) is 0 Å². The lowest BCUT2D eigenvalue weighted by Gasteiger charge is -2.27. The molecule has 1 fully saturated rings. The number of thioether (sulfide) groups is 1. The summed E-state index contributed by atoms with van der Waals surface area (Å²) in [7, 11) is 0. The molecule has 6 heteroatoms. The summed E-state index contributed by atoms with van der Waals surface area (Å²) in [6.45, 7) is 0. The lowest BCUT2D eigenvalue weighted by molar-refractivity contribution is 0.406. The molecule has 1 saturated heterocycles. The molecule has 1 aliphatic heterocycles. The molecule has 0 unspecified atom stereocenters. The molecule has 0 bridgehead atoms. The number of pyridine rings is 1. The maximum Gasteiger partial charge on any atom is 0.221 e. The van der Waals surface area contributed by atoms with E-state index < -0.39 is 0 Å². The molecular formula is C16H14N4OS. The number of azo groups is 1. The molecular weight excluding hydrogens is 296 g/mol. The van der Waals surface area contributed by atoms with E-state index in [1.807, 2.05) is 52.7 Å². The maximum atomic E-state index is 10.6. The minimum absolute atomic E-state index is 0.194. The van der Waals surface area contributed by atoms with Gasteiger partial charge in [0, 0.05) is 23.1 Å². The number of hydrogen-bond donors (Lipinski definition) is 1. The molecule has 4 rings (SSSR count). The second kappa shape index (κ2) is 5.46. The average Bonchev–Trinajstić information content (AvgIpc) is 2.78. The molecule has 3 heterocycles. The monoisotopic (exact) mass is 310 g/mol. The Hall–Kier alpha value is -2.34. The average molecular weight is 310 g/mol. The zero-order valence-corrected chi connectivity index (χ0v) is 12.6. The fourth-order valence-electron chi connectivity index (χ4n) is 2.59. The van der Waals surface area contributed by atoms with Gasteiger partial charge in [0.15, 0.2) is 5.69 Å². The predicted molar refractivity (Wildman–Crippen MR) is 88.4 cm³/mol.